The Morgan fingerprint density at radius 3 is 2.54 bits per heavy atom. The molecule has 3 heterocycles. The third kappa shape index (κ3) is 3.85. The molecule has 150 valence electrons. The van der Waals surface area contributed by atoms with E-state index in [2.05, 4.69) is 20.9 Å². The summed E-state index contributed by atoms with van der Waals surface area (Å²) in [5.41, 5.74) is 3.00. The molecule has 28 heavy (non-hydrogen) atoms. The molecule has 2 aliphatic rings. The van der Waals surface area contributed by atoms with Crippen LogP contribution in [0.2, 0.25) is 0 Å². The van der Waals surface area contributed by atoms with Crippen molar-refractivity contribution < 1.29 is 9.47 Å². The summed E-state index contributed by atoms with van der Waals surface area (Å²) in [4.78, 5) is 25.0. The molecule has 2 aliphatic heterocycles. The van der Waals surface area contributed by atoms with Gasteiger partial charge in [-0.15, -0.1) is 0 Å². The molecular weight excluding hydrogens is 356 g/mol. The summed E-state index contributed by atoms with van der Waals surface area (Å²) < 4.78 is 10.7. The largest absolute Gasteiger partial charge is 0.493 e. The summed E-state index contributed by atoms with van der Waals surface area (Å²) in [5.74, 6) is 2.22. The van der Waals surface area contributed by atoms with E-state index in [0.29, 0.717) is 0 Å². The lowest BCUT2D eigenvalue weighted by molar-refractivity contribution is 0.278. The molecule has 4 rings (SSSR count). The van der Waals surface area contributed by atoms with Crippen molar-refractivity contribution >= 4 is 5.95 Å². The van der Waals surface area contributed by atoms with Crippen molar-refractivity contribution in [3.63, 3.8) is 0 Å². The molecule has 0 saturated carbocycles. The first kappa shape index (κ1) is 18.8. The van der Waals surface area contributed by atoms with Crippen molar-refractivity contribution in [2.45, 2.75) is 32.2 Å². The maximum Gasteiger partial charge on any atom is 0.255 e. The van der Waals surface area contributed by atoms with Crippen LogP contribution in [-0.4, -0.2) is 55.3 Å². The zero-order valence-corrected chi connectivity index (χ0v) is 16.7. The van der Waals surface area contributed by atoms with Crippen molar-refractivity contribution in [3.05, 3.63) is 45.4 Å². The summed E-state index contributed by atoms with van der Waals surface area (Å²) in [5, 5.41) is 0. The lowest BCUT2D eigenvalue weighted by Gasteiger charge is -2.20. The van der Waals surface area contributed by atoms with Gasteiger partial charge in [0, 0.05) is 44.7 Å². The SMILES string of the molecule is COc1ccc(CN2CCc3nc(N4CCCC4)[nH]c(=O)c3CC2)cc1OC. The van der Waals surface area contributed by atoms with Gasteiger partial charge in [-0.25, -0.2) is 4.98 Å². The third-order valence-corrected chi connectivity index (χ3v) is 5.69. The van der Waals surface area contributed by atoms with Gasteiger partial charge in [0.25, 0.3) is 5.56 Å². The number of anilines is 1. The van der Waals surface area contributed by atoms with Crippen LogP contribution in [0, 0.1) is 0 Å². The fourth-order valence-corrected chi connectivity index (χ4v) is 4.12. The number of hydrogen-bond donors (Lipinski definition) is 1. The van der Waals surface area contributed by atoms with Gasteiger partial charge in [-0.05, 0) is 37.0 Å². The van der Waals surface area contributed by atoms with Gasteiger partial charge in [0.05, 0.1) is 19.9 Å². The smallest absolute Gasteiger partial charge is 0.255 e. The molecule has 2 aromatic rings. The van der Waals surface area contributed by atoms with E-state index in [9.17, 15) is 4.79 Å². The van der Waals surface area contributed by atoms with Crippen LogP contribution in [0.15, 0.2) is 23.0 Å². The minimum atomic E-state index is 0.0277. The zero-order valence-electron chi connectivity index (χ0n) is 16.7. The Morgan fingerprint density at radius 2 is 1.79 bits per heavy atom. The van der Waals surface area contributed by atoms with Gasteiger partial charge < -0.3 is 14.4 Å². The molecule has 7 nitrogen and oxygen atoms in total. The number of benzene rings is 1. The molecule has 0 spiro atoms. The lowest BCUT2D eigenvalue weighted by atomic mass is 10.1. The molecule has 0 atom stereocenters. The lowest BCUT2D eigenvalue weighted by Crippen LogP contribution is -2.27. The van der Waals surface area contributed by atoms with Crippen LogP contribution in [0.5, 0.6) is 11.5 Å². The number of ether oxygens (including phenoxy) is 2. The molecule has 0 radical (unpaired) electrons. The summed E-state index contributed by atoms with van der Waals surface area (Å²) in [6.07, 6.45) is 3.86. The highest BCUT2D eigenvalue weighted by molar-refractivity contribution is 5.43. The monoisotopic (exact) mass is 384 g/mol. The highest BCUT2D eigenvalue weighted by Gasteiger charge is 2.22. The van der Waals surface area contributed by atoms with Gasteiger partial charge in [0.1, 0.15) is 0 Å². The number of H-pyrrole nitrogens is 1. The third-order valence-electron chi connectivity index (χ3n) is 5.69. The number of aromatic amines is 1. The average molecular weight is 384 g/mol. The number of nitrogens with one attached hydrogen (secondary N) is 1. The van der Waals surface area contributed by atoms with Crippen LogP contribution in [0.25, 0.3) is 0 Å². The van der Waals surface area contributed by atoms with Crippen molar-refractivity contribution in [2.24, 2.45) is 0 Å². The quantitative estimate of drug-likeness (QED) is 0.850. The highest BCUT2D eigenvalue weighted by atomic mass is 16.5. The Morgan fingerprint density at radius 1 is 1.04 bits per heavy atom. The molecule has 7 heteroatoms. The van der Waals surface area contributed by atoms with E-state index in [0.717, 1.165) is 74.3 Å². The van der Waals surface area contributed by atoms with E-state index in [4.69, 9.17) is 14.5 Å². The van der Waals surface area contributed by atoms with E-state index in [1.54, 1.807) is 14.2 Å². The normalized spacial score (nSPS) is 17.3. The Kier molecular flexibility index (Phi) is 5.52. The van der Waals surface area contributed by atoms with E-state index < -0.39 is 0 Å². The second kappa shape index (κ2) is 8.22. The predicted molar refractivity (Wildman–Crippen MR) is 109 cm³/mol. The zero-order chi connectivity index (χ0) is 19.5. The number of nitrogens with zero attached hydrogens (tertiary/aromatic N) is 3. The van der Waals surface area contributed by atoms with Gasteiger partial charge in [-0.1, -0.05) is 6.07 Å². The number of rotatable bonds is 5. The summed E-state index contributed by atoms with van der Waals surface area (Å²) in [7, 11) is 3.30. The van der Waals surface area contributed by atoms with Gasteiger partial charge in [0.2, 0.25) is 5.95 Å². The topological polar surface area (TPSA) is 70.7 Å². The first-order valence-electron chi connectivity index (χ1n) is 9.98. The average Bonchev–Trinajstić information content (AvgIpc) is 3.17. The molecule has 1 aromatic heterocycles. The fourth-order valence-electron chi connectivity index (χ4n) is 4.12. The van der Waals surface area contributed by atoms with E-state index in [-0.39, 0.29) is 5.56 Å². The first-order valence-corrected chi connectivity index (χ1v) is 9.98. The van der Waals surface area contributed by atoms with Gasteiger partial charge >= 0.3 is 0 Å². The van der Waals surface area contributed by atoms with Crippen LogP contribution < -0.4 is 19.9 Å². The molecule has 1 saturated heterocycles. The van der Waals surface area contributed by atoms with Crippen molar-refractivity contribution in [1.29, 1.82) is 0 Å². The number of fused-ring (bicyclic) bond motifs is 1. The summed E-state index contributed by atoms with van der Waals surface area (Å²) in [6.45, 7) is 4.50. The molecule has 0 amide bonds. The Labute approximate surface area is 165 Å². The van der Waals surface area contributed by atoms with Crippen LogP contribution in [0.4, 0.5) is 5.95 Å². The fraction of sp³-hybridized carbons (Fsp3) is 0.524. The van der Waals surface area contributed by atoms with Gasteiger partial charge in [-0.3, -0.25) is 14.7 Å². The molecule has 0 aliphatic carbocycles. The molecular formula is C21H28N4O3. The van der Waals surface area contributed by atoms with Crippen LogP contribution in [0.3, 0.4) is 0 Å². The minimum Gasteiger partial charge on any atom is -0.493 e. The van der Waals surface area contributed by atoms with Crippen molar-refractivity contribution in [2.75, 3.05) is 45.3 Å². The maximum atomic E-state index is 12.6. The Hall–Kier alpha value is -2.54. The van der Waals surface area contributed by atoms with E-state index in [1.807, 2.05) is 12.1 Å². The molecule has 0 unspecified atom stereocenters. The van der Waals surface area contributed by atoms with E-state index in [1.165, 1.54) is 18.4 Å². The summed E-state index contributed by atoms with van der Waals surface area (Å²) >= 11 is 0. The van der Waals surface area contributed by atoms with Crippen LogP contribution >= 0.6 is 0 Å². The van der Waals surface area contributed by atoms with E-state index >= 15 is 0 Å². The Bertz CT molecular complexity index is 890. The van der Waals surface area contributed by atoms with Crippen molar-refractivity contribution in [3.8, 4) is 11.5 Å². The predicted octanol–water partition coefficient (Wildman–Crippen LogP) is 1.99. The van der Waals surface area contributed by atoms with Crippen LogP contribution in [-0.2, 0) is 19.4 Å². The molecule has 1 N–H and O–H groups in total. The standard InChI is InChI=1S/C21H28N4O3/c1-27-18-6-5-15(13-19(18)28-2)14-24-11-7-16-17(8-12-24)22-21(23-20(16)26)25-9-3-4-10-25/h5-6,13H,3-4,7-12,14H2,1-2H3,(H,22,23,26). The van der Waals surface area contributed by atoms with Gasteiger partial charge in [0.15, 0.2) is 11.5 Å². The maximum absolute atomic E-state index is 12.6. The summed E-state index contributed by atoms with van der Waals surface area (Å²) in [6, 6.07) is 6.03. The van der Waals surface area contributed by atoms with Crippen molar-refractivity contribution in [1.82, 2.24) is 14.9 Å². The van der Waals surface area contributed by atoms with Crippen LogP contribution in [0.1, 0.15) is 29.7 Å². The molecule has 1 aromatic carbocycles. The minimum absolute atomic E-state index is 0.0277. The first-order chi connectivity index (χ1) is 13.7. The second-order valence-electron chi connectivity index (χ2n) is 7.47. The highest BCUT2D eigenvalue weighted by Crippen LogP contribution is 2.28. The van der Waals surface area contributed by atoms with Gasteiger partial charge in [-0.2, -0.15) is 0 Å². The number of hydrogen-bond acceptors (Lipinski definition) is 6. The molecule has 1 fully saturated rings. The number of aromatic nitrogens is 2. The second-order valence-corrected chi connectivity index (χ2v) is 7.47. The Balaban J connectivity index is 1.48. The number of methoxy groups -OCH3 is 2. The molecule has 0 bridgehead atoms.